The molecule has 0 bridgehead atoms. The molecule has 2 atom stereocenters. The Labute approximate surface area is 430 Å². The summed E-state index contributed by atoms with van der Waals surface area (Å²) in [5, 5.41) is 1.17. The molecule has 0 spiro atoms. The Kier molecular flexibility index (Phi) is 11.5. The van der Waals surface area contributed by atoms with Gasteiger partial charge in [0, 0.05) is 39.1 Å². The molecule has 0 radical (unpaired) electrons. The van der Waals surface area contributed by atoms with Crippen molar-refractivity contribution in [1.82, 2.24) is 29.5 Å². The van der Waals surface area contributed by atoms with Gasteiger partial charge in [0.25, 0.3) is 0 Å². The van der Waals surface area contributed by atoms with Gasteiger partial charge in [0.15, 0.2) is 17.5 Å². The van der Waals surface area contributed by atoms with Gasteiger partial charge in [-0.1, -0.05) is 231 Å². The van der Waals surface area contributed by atoms with Crippen LogP contribution in [0.3, 0.4) is 0 Å². The van der Waals surface area contributed by atoms with Crippen molar-refractivity contribution in [2.45, 2.75) is 18.8 Å². The van der Waals surface area contributed by atoms with Crippen molar-refractivity contribution in [3.05, 3.63) is 272 Å². The minimum atomic E-state index is 0.118. The Morgan fingerprint density at radius 2 is 0.770 bits per heavy atom. The largest absolute Gasteiger partial charge is 0.278 e. The zero-order chi connectivity index (χ0) is 49.4. The number of aromatic nitrogens is 6. The highest BCUT2D eigenvalue weighted by Gasteiger charge is 2.32. The molecule has 350 valence electrons. The van der Waals surface area contributed by atoms with Crippen LogP contribution in [0, 0.1) is 0 Å². The highest BCUT2D eigenvalue weighted by atomic mass is 15.2. The number of allylic oxidation sites excluding steroid dienone is 1. The number of hydrogen-bond donors (Lipinski definition) is 0. The molecule has 0 saturated heterocycles. The number of nitrogens with zero attached hydrogens (tertiary/aromatic N) is 6. The first-order valence-corrected chi connectivity index (χ1v) is 25.2. The SMILES string of the molecule is CC1c2c(n(-c3nc(-c4ccccc4)cc(-c4ccccc4)n3)c3cccc(-c4cccc(-c5nc(-c6ccccc6)nc(-c6cccc(-c7cccc(-c8ccccc8)c7)c6)n5)c4)c23)C=CC1c1ccccc1. The van der Waals surface area contributed by atoms with Gasteiger partial charge in [0.2, 0.25) is 5.95 Å². The molecule has 0 aliphatic heterocycles. The van der Waals surface area contributed by atoms with E-state index in [-0.39, 0.29) is 11.8 Å². The molecule has 0 N–H and O–H groups in total. The van der Waals surface area contributed by atoms with Crippen LogP contribution in [-0.4, -0.2) is 29.5 Å². The summed E-state index contributed by atoms with van der Waals surface area (Å²) < 4.78 is 2.28. The van der Waals surface area contributed by atoms with Crippen LogP contribution in [0.4, 0.5) is 0 Å². The maximum atomic E-state index is 5.39. The second-order valence-corrected chi connectivity index (χ2v) is 18.9. The van der Waals surface area contributed by atoms with Gasteiger partial charge in [-0.3, -0.25) is 4.57 Å². The van der Waals surface area contributed by atoms with Crippen LogP contribution in [-0.2, 0) is 0 Å². The minimum absolute atomic E-state index is 0.118. The Bertz CT molecular complexity index is 3960. The van der Waals surface area contributed by atoms with E-state index in [1.54, 1.807) is 0 Å². The lowest BCUT2D eigenvalue weighted by molar-refractivity contribution is 0.670. The third kappa shape index (κ3) is 8.38. The predicted octanol–water partition coefficient (Wildman–Crippen LogP) is 16.9. The fourth-order valence-corrected chi connectivity index (χ4v) is 10.7. The van der Waals surface area contributed by atoms with Gasteiger partial charge in [-0.25, -0.2) is 24.9 Å². The van der Waals surface area contributed by atoms with Crippen molar-refractivity contribution < 1.29 is 0 Å². The van der Waals surface area contributed by atoms with E-state index in [0.717, 1.165) is 72.7 Å². The summed E-state index contributed by atoms with van der Waals surface area (Å²) >= 11 is 0. The van der Waals surface area contributed by atoms with Crippen LogP contribution in [0.5, 0.6) is 0 Å². The van der Waals surface area contributed by atoms with E-state index >= 15 is 0 Å². The smallest absolute Gasteiger partial charge is 0.235 e. The lowest BCUT2D eigenvalue weighted by atomic mass is 9.77. The van der Waals surface area contributed by atoms with E-state index in [4.69, 9.17) is 24.9 Å². The van der Waals surface area contributed by atoms with Crippen molar-refractivity contribution in [1.29, 1.82) is 0 Å². The second kappa shape index (κ2) is 19.2. The van der Waals surface area contributed by atoms with E-state index in [0.29, 0.717) is 23.4 Å². The van der Waals surface area contributed by atoms with Crippen LogP contribution in [0.15, 0.2) is 255 Å². The Morgan fingerprint density at radius 3 is 1.34 bits per heavy atom. The van der Waals surface area contributed by atoms with E-state index in [9.17, 15) is 0 Å². The zero-order valence-electron chi connectivity index (χ0n) is 40.7. The molecule has 13 rings (SSSR count). The summed E-state index contributed by atoms with van der Waals surface area (Å²) in [4.78, 5) is 26.4. The molecule has 9 aromatic carbocycles. The van der Waals surface area contributed by atoms with Gasteiger partial charge >= 0.3 is 0 Å². The van der Waals surface area contributed by atoms with Gasteiger partial charge in [0.1, 0.15) is 0 Å². The second-order valence-electron chi connectivity index (χ2n) is 18.9. The van der Waals surface area contributed by atoms with E-state index in [1.165, 1.54) is 27.6 Å². The summed E-state index contributed by atoms with van der Waals surface area (Å²) in [6, 6.07) is 86.9. The van der Waals surface area contributed by atoms with Gasteiger partial charge in [0.05, 0.1) is 22.6 Å². The molecular formula is C68H48N6. The average molecular weight is 949 g/mol. The first-order chi connectivity index (χ1) is 36.6. The van der Waals surface area contributed by atoms with Crippen molar-refractivity contribution in [3.63, 3.8) is 0 Å². The third-order valence-electron chi connectivity index (χ3n) is 14.3. The fourth-order valence-electron chi connectivity index (χ4n) is 10.7. The summed E-state index contributed by atoms with van der Waals surface area (Å²) in [6.07, 6.45) is 4.65. The van der Waals surface area contributed by atoms with E-state index in [1.807, 2.05) is 36.4 Å². The van der Waals surface area contributed by atoms with Crippen molar-refractivity contribution in [2.75, 3.05) is 0 Å². The quantitative estimate of drug-likeness (QED) is 0.137. The average Bonchev–Trinajstić information content (AvgIpc) is 3.84. The lowest BCUT2D eigenvalue weighted by Crippen LogP contribution is -2.13. The molecule has 12 aromatic rings. The third-order valence-corrected chi connectivity index (χ3v) is 14.3. The molecule has 0 amide bonds. The number of benzene rings is 9. The predicted molar refractivity (Wildman–Crippen MR) is 302 cm³/mol. The topological polar surface area (TPSA) is 69.4 Å². The highest BCUT2D eigenvalue weighted by Crippen LogP contribution is 2.48. The first kappa shape index (κ1) is 44.3. The lowest BCUT2D eigenvalue weighted by Gasteiger charge is -2.27. The van der Waals surface area contributed by atoms with Crippen LogP contribution >= 0.6 is 0 Å². The monoisotopic (exact) mass is 948 g/mol. The Hall–Kier alpha value is -9.65. The summed E-state index contributed by atoms with van der Waals surface area (Å²) in [7, 11) is 0. The Balaban J connectivity index is 0.973. The van der Waals surface area contributed by atoms with Gasteiger partial charge in [-0.15, -0.1) is 0 Å². The fraction of sp³-hybridized carbons (Fsp3) is 0.0441. The molecule has 3 aromatic heterocycles. The molecule has 2 unspecified atom stereocenters. The standard InChI is InChI=1S/C68H48N6/c1-45-57(47-23-9-3-10-24-47)39-40-62-63(45)64-58(37-20-38-61(64)74(62)68-69-59(48-25-11-4-12-26-48)44-60(70-68)49-27-13-5-14-28-49)54-34-19-36-56(43-54)67-72-65(50-29-15-6-16-30-50)71-66(73-67)55-35-18-33-53(42-55)52-32-17-31-51(41-52)46-21-7-2-8-22-46/h2-45,57H,1H3. The normalized spacial score (nSPS) is 14.0. The van der Waals surface area contributed by atoms with Gasteiger partial charge in [-0.05, 0) is 86.8 Å². The van der Waals surface area contributed by atoms with Gasteiger partial charge < -0.3 is 0 Å². The molecule has 0 fully saturated rings. The molecule has 74 heavy (non-hydrogen) atoms. The molecule has 6 nitrogen and oxygen atoms in total. The highest BCUT2D eigenvalue weighted by molar-refractivity contribution is 6.02. The van der Waals surface area contributed by atoms with Crippen molar-refractivity contribution in [2.24, 2.45) is 0 Å². The van der Waals surface area contributed by atoms with Gasteiger partial charge in [-0.2, -0.15) is 0 Å². The summed E-state index contributed by atoms with van der Waals surface area (Å²) in [5.74, 6) is 2.71. The first-order valence-electron chi connectivity index (χ1n) is 25.2. The maximum Gasteiger partial charge on any atom is 0.235 e. The molecule has 1 aliphatic carbocycles. The van der Waals surface area contributed by atoms with Crippen LogP contribution < -0.4 is 0 Å². The molecule has 3 heterocycles. The molecule has 6 heteroatoms. The van der Waals surface area contributed by atoms with Crippen molar-refractivity contribution in [3.8, 4) is 96.0 Å². The molecule has 1 aliphatic rings. The van der Waals surface area contributed by atoms with E-state index < -0.39 is 0 Å². The molecular weight excluding hydrogens is 901 g/mol. The Morgan fingerprint density at radius 1 is 0.351 bits per heavy atom. The number of fused-ring (bicyclic) bond motifs is 3. The number of rotatable bonds is 10. The van der Waals surface area contributed by atoms with Crippen LogP contribution in [0.1, 0.15) is 35.6 Å². The minimum Gasteiger partial charge on any atom is -0.278 e. The zero-order valence-corrected chi connectivity index (χ0v) is 40.7. The van der Waals surface area contributed by atoms with Crippen molar-refractivity contribution >= 4 is 17.0 Å². The maximum absolute atomic E-state index is 5.39. The van der Waals surface area contributed by atoms with Crippen LogP contribution in [0.25, 0.3) is 113 Å². The summed E-state index contributed by atoms with van der Waals surface area (Å²) in [5.41, 5.74) is 17.9. The number of hydrogen-bond acceptors (Lipinski definition) is 5. The van der Waals surface area contributed by atoms with E-state index in [2.05, 4.69) is 236 Å². The van der Waals surface area contributed by atoms with Crippen LogP contribution in [0.2, 0.25) is 0 Å². The molecule has 0 saturated carbocycles. The summed E-state index contributed by atoms with van der Waals surface area (Å²) in [6.45, 7) is 2.36.